The van der Waals surface area contributed by atoms with Gasteiger partial charge in [-0.3, -0.25) is 0 Å². The topological polar surface area (TPSA) is 96.3 Å². The maximum atomic E-state index is 8.81. The Morgan fingerprint density at radius 3 is 2.91 bits per heavy atom. The normalized spacial score (nSPS) is 10.8. The number of para-hydroxylation sites is 1. The Balaban J connectivity index is 2.05. The van der Waals surface area contributed by atoms with Crippen molar-refractivity contribution in [1.82, 2.24) is 4.98 Å². The predicted molar refractivity (Wildman–Crippen MR) is 85.5 cm³/mol. The van der Waals surface area contributed by atoms with E-state index in [-0.39, 0.29) is 5.96 Å². The molecular weight excluding hydrogens is 278 g/mol. The van der Waals surface area contributed by atoms with Gasteiger partial charge in [-0.25, -0.2) is 9.98 Å². The van der Waals surface area contributed by atoms with Crippen molar-refractivity contribution in [1.29, 1.82) is 5.26 Å². The van der Waals surface area contributed by atoms with Gasteiger partial charge in [0.15, 0.2) is 5.96 Å². The third-order valence-electron chi connectivity index (χ3n) is 2.81. The second kappa shape index (κ2) is 7.64. The Morgan fingerprint density at radius 1 is 1.32 bits per heavy atom. The van der Waals surface area contributed by atoms with E-state index in [9.17, 15) is 0 Å². The second-order valence-electron chi connectivity index (χ2n) is 4.39. The number of rotatable bonds is 5. The number of aromatic nitrogens is 1. The van der Waals surface area contributed by atoms with E-state index in [1.807, 2.05) is 37.3 Å². The lowest BCUT2D eigenvalue weighted by Gasteiger charge is -2.09. The molecule has 0 bridgehead atoms. The zero-order valence-corrected chi connectivity index (χ0v) is 12.3. The molecule has 0 saturated heterocycles. The molecule has 0 saturated carbocycles. The molecule has 0 aliphatic carbocycles. The van der Waals surface area contributed by atoms with Crippen LogP contribution < -0.4 is 15.8 Å². The smallest absolute Gasteiger partial charge is 0.194 e. The minimum absolute atomic E-state index is 0.230. The van der Waals surface area contributed by atoms with E-state index in [0.717, 1.165) is 11.3 Å². The summed E-state index contributed by atoms with van der Waals surface area (Å²) in [6, 6.07) is 14.7. The number of nitrogens with one attached hydrogen (secondary N) is 1. The zero-order chi connectivity index (χ0) is 15.8. The number of benzene rings is 1. The third-order valence-corrected chi connectivity index (χ3v) is 2.81. The Hall–Kier alpha value is -3.07. The SMILES string of the molecule is CCOc1ccccc1CN=C(N)Nc1cccc(C#N)n1. The molecule has 0 atom stereocenters. The molecule has 3 N–H and O–H groups in total. The van der Waals surface area contributed by atoms with Gasteiger partial charge >= 0.3 is 0 Å². The van der Waals surface area contributed by atoms with Crippen LogP contribution in [0.3, 0.4) is 0 Å². The Bertz CT molecular complexity index is 706. The molecule has 22 heavy (non-hydrogen) atoms. The van der Waals surface area contributed by atoms with E-state index in [1.165, 1.54) is 0 Å². The van der Waals surface area contributed by atoms with Crippen molar-refractivity contribution in [3.8, 4) is 11.8 Å². The van der Waals surface area contributed by atoms with E-state index in [2.05, 4.69) is 15.3 Å². The minimum atomic E-state index is 0.230. The molecule has 0 radical (unpaired) electrons. The highest BCUT2D eigenvalue weighted by Crippen LogP contribution is 2.18. The van der Waals surface area contributed by atoms with Gasteiger partial charge in [0.25, 0.3) is 0 Å². The maximum absolute atomic E-state index is 8.81. The van der Waals surface area contributed by atoms with Crippen LogP contribution in [-0.2, 0) is 6.54 Å². The van der Waals surface area contributed by atoms with Crippen LogP contribution in [0.25, 0.3) is 0 Å². The fourth-order valence-electron chi connectivity index (χ4n) is 1.84. The van der Waals surface area contributed by atoms with Crippen molar-refractivity contribution < 1.29 is 4.74 Å². The average Bonchev–Trinajstić information content (AvgIpc) is 2.54. The molecule has 0 aliphatic rings. The number of nitrogens with two attached hydrogens (primary N) is 1. The highest BCUT2D eigenvalue weighted by atomic mass is 16.5. The number of pyridine rings is 1. The molecule has 6 nitrogen and oxygen atoms in total. The monoisotopic (exact) mass is 295 g/mol. The minimum Gasteiger partial charge on any atom is -0.494 e. The first-order chi connectivity index (χ1) is 10.7. The summed E-state index contributed by atoms with van der Waals surface area (Å²) in [5, 5.41) is 11.7. The molecular formula is C16H17N5O. The lowest BCUT2D eigenvalue weighted by Crippen LogP contribution is -2.23. The van der Waals surface area contributed by atoms with Gasteiger partial charge in [0.1, 0.15) is 23.3 Å². The van der Waals surface area contributed by atoms with Crippen molar-refractivity contribution in [2.24, 2.45) is 10.7 Å². The largest absolute Gasteiger partial charge is 0.494 e. The predicted octanol–water partition coefficient (Wildman–Crippen LogP) is 2.28. The summed E-state index contributed by atoms with van der Waals surface area (Å²) in [6.45, 7) is 2.93. The van der Waals surface area contributed by atoms with E-state index >= 15 is 0 Å². The molecule has 0 aliphatic heterocycles. The maximum Gasteiger partial charge on any atom is 0.194 e. The molecule has 2 rings (SSSR count). The molecule has 1 aromatic carbocycles. The van der Waals surface area contributed by atoms with Crippen LogP contribution in [0.5, 0.6) is 5.75 Å². The molecule has 0 fully saturated rings. The molecule has 0 amide bonds. The number of ether oxygens (including phenoxy) is 1. The quantitative estimate of drug-likeness (QED) is 0.651. The van der Waals surface area contributed by atoms with Crippen molar-refractivity contribution in [3.05, 3.63) is 53.7 Å². The van der Waals surface area contributed by atoms with Gasteiger partial charge in [-0.05, 0) is 25.1 Å². The zero-order valence-electron chi connectivity index (χ0n) is 12.3. The number of nitriles is 1. The Kier molecular flexibility index (Phi) is 5.32. The number of nitrogens with zero attached hydrogens (tertiary/aromatic N) is 3. The van der Waals surface area contributed by atoms with Crippen LogP contribution >= 0.6 is 0 Å². The summed E-state index contributed by atoms with van der Waals surface area (Å²) in [5.41, 5.74) is 7.11. The van der Waals surface area contributed by atoms with E-state index < -0.39 is 0 Å². The van der Waals surface area contributed by atoms with Crippen LogP contribution in [0.2, 0.25) is 0 Å². The fraction of sp³-hybridized carbons (Fsp3) is 0.188. The molecule has 2 aromatic rings. The molecule has 6 heteroatoms. The highest BCUT2D eigenvalue weighted by molar-refractivity contribution is 5.91. The van der Waals surface area contributed by atoms with Gasteiger partial charge in [-0.1, -0.05) is 24.3 Å². The Morgan fingerprint density at radius 2 is 2.14 bits per heavy atom. The van der Waals surface area contributed by atoms with Gasteiger partial charge in [-0.2, -0.15) is 5.26 Å². The first-order valence-electron chi connectivity index (χ1n) is 6.87. The summed E-state index contributed by atoms with van der Waals surface area (Å²) >= 11 is 0. The summed E-state index contributed by atoms with van der Waals surface area (Å²) in [4.78, 5) is 8.34. The second-order valence-corrected chi connectivity index (χ2v) is 4.39. The van der Waals surface area contributed by atoms with Crippen LogP contribution in [-0.4, -0.2) is 17.6 Å². The Labute approximate surface area is 129 Å². The number of hydrogen-bond donors (Lipinski definition) is 2. The van der Waals surface area contributed by atoms with Crippen molar-refractivity contribution >= 4 is 11.8 Å². The molecule has 0 unspecified atom stereocenters. The number of hydrogen-bond acceptors (Lipinski definition) is 4. The molecule has 112 valence electrons. The van der Waals surface area contributed by atoms with Gasteiger partial charge in [-0.15, -0.1) is 0 Å². The van der Waals surface area contributed by atoms with E-state index in [1.54, 1.807) is 18.2 Å². The van der Waals surface area contributed by atoms with Gasteiger partial charge < -0.3 is 15.8 Å². The summed E-state index contributed by atoms with van der Waals surface area (Å²) in [5.74, 6) is 1.51. The van der Waals surface area contributed by atoms with E-state index in [4.69, 9.17) is 15.7 Å². The summed E-state index contributed by atoms with van der Waals surface area (Å²) in [6.07, 6.45) is 0. The third kappa shape index (κ3) is 4.21. The van der Waals surface area contributed by atoms with Crippen molar-refractivity contribution in [3.63, 3.8) is 0 Å². The lowest BCUT2D eigenvalue weighted by molar-refractivity contribution is 0.336. The van der Waals surface area contributed by atoms with Crippen molar-refractivity contribution in [2.75, 3.05) is 11.9 Å². The van der Waals surface area contributed by atoms with Gasteiger partial charge in [0.05, 0.1) is 13.2 Å². The van der Waals surface area contributed by atoms with Gasteiger partial charge in [0.2, 0.25) is 0 Å². The van der Waals surface area contributed by atoms with Crippen LogP contribution in [0.15, 0.2) is 47.5 Å². The standard InChI is InChI=1S/C16H17N5O/c1-2-22-14-8-4-3-6-12(14)11-19-16(18)21-15-9-5-7-13(10-17)20-15/h3-9H,2,11H2,1H3,(H3,18,19,20,21). The fourth-order valence-corrected chi connectivity index (χ4v) is 1.84. The summed E-state index contributed by atoms with van der Waals surface area (Å²) in [7, 11) is 0. The van der Waals surface area contributed by atoms with Crippen LogP contribution in [0.4, 0.5) is 5.82 Å². The number of aliphatic imine (C=N–C) groups is 1. The first-order valence-corrected chi connectivity index (χ1v) is 6.87. The number of anilines is 1. The van der Waals surface area contributed by atoms with E-state index in [0.29, 0.717) is 24.7 Å². The molecule has 1 heterocycles. The molecule has 1 aromatic heterocycles. The van der Waals surface area contributed by atoms with Crippen LogP contribution in [0, 0.1) is 11.3 Å². The highest BCUT2D eigenvalue weighted by Gasteiger charge is 2.02. The summed E-state index contributed by atoms with van der Waals surface area (Å²) < 4.78 is 5.54. The average molecular weight is 295 g/mol. The number of guanidine groups is 1. The first kappa shape index (κ1) is 15.3. The van der Waals surface area contributed by atoms with Crippen LogP contribution in [0.1, 0.15) is 18.2 Å². The van der Waals surface area contributed by atoms with Crippen molar-refractivity contribution in [2.45, 2.75) is 13.5 Å². The lowest BCUT2D eigenvalue weighted by atomic mass is 10.2. The molecule has 0 spiro atoms. The van der Waals surface area contributed by atoms with Gasteiger partial charge in [0, 0.05) is 5.56 Å².